The zero-order valence-corrected chi connectivity index (χ0v) is 14.2. The average Bonchev–Trinajstić information content (AvgIpc) is 2.81. The number of fused-ring (bicyclic) bond motifs is 2. The smallest absolute Gasteiger partial charge is 0.205 e. The van der Waals surface area contributed by atoms with Crippen LogP contribution in [-0.4, -0.2) is 48.9 Å². The van der Waals surface area contributed by atoms with E-state index in [1.807, 2.05) is 0 Å². The minimum atomic E-state index is -3.02. The SMILES string of the molecule is [C-]#[N+]c1cncc(C2(C#N)C[C@H]3C=C[C@@H](C2)N3CCS(C)(=O)=O)c1. The third-order valence-corrected chi connectivity index (χ3v) is 5.79. The summed E-state index contributed by atoms with van der Waals surface area (Å²) in [5.41, 5.74) is 0.524. The fraction of sp³-hybridized carbons (Fsp3) is 0.471. The Morgan fingerprint density at radius 3 is 2.62 bits per heavy atom. The van der Waals surface area contributed by atoms with Crippen molar-refractivity contribution in [3.63, 3.8) is 0 Å². The standard InChI is InChI=1S/C17H18N4O2S/c1-19-14-7-13(10-20-11-14)17(12-18)8-15-3-4-16(9-17)21(15)5-6-24(2,22)23/h3-4,7,10-11,15-16H,5-6,8-9H2,2H3/t15-,16+,17?. The van der Waals surface area contributed by atoms with Crippen LogP contribution in [-0.2, 0) is 15.3 Å². The fourth-order valence-corrected chi connectivity index (χ4v) is 4.18. The first kappa shape index (κ1) is 16.6. The van der Waals surface area contributed by atoms with Crippen LogP contribution in [0.2, 0.25) is 0 Å². The van der Waals surface area contributed by atoms with Crippen molar-refractivity contribution in [2.24, 2.45) is 0 Å². The molecule has 3 heterocycles. The van der Waals surface area contributed by atoms with Crippen LogP contribution >= 0.6 is 0 Å². The number of hydrogen-bond donors (Lipinski definition) is 0. The number of piperidine rings is 1. The van der Waals surface area contributed by atoms with Crippen molar-refractivity contribution in [2.45, 2.75) is 30.3 Å². The number of pyridine rings is 1. The Labute approximate surface area is 142 Å². The molecule has 3 atom stereocenters. The van der Waals surface area contributed by atoms with Crippen LogP contribution in [0, 0.1) is 17.9 Å². The average molecular weight is 342 g/mol. The van der Waals surface area contributed by atoms with Crippen molar-refractivity contribution >= 4 is 15.5 Å². The summed E-state index contributed by atoms with van der Waals surface area (Å²) in [6, 6.07) is 4.28. The minimum Gasteiger partial charge on any atom is -0.289 e. The third-order valence-electron chi connectivity index (χ3n) is 4.86. The molecule has 1 saturated heterocycles. The molecule has 6 nitrogen and oxygen atoms in total. The minimum absolute atomic E-state index is 0.0433. The highest BCUT2D eigenvalue weighted by Crippen LogP contribution is 2.44. The third kappa shape index (κ3) is 3.06. The molecule has 2 bridgehead atoms. The van der Waals surface area contributed by atoms with Crippen LogP contribution in [0.15, 0.2) is 30.6 Å². The predicted octanol–water partition coefficient (Wildman–Crippen LogP) is 1.84. The zero-order chi connectivity index (χ0) is 17.4. The van der Waals surface area contributed by atoms with Gasteiger partial charge in [0.2, 0.25) is 5.69 Å². The van der Waals surface area contributed by atoms with Gasteiger partial charge >= 0.3 is 0 Å². The normalized spacial score (nSPS) is 29.1. The maximum absolute atomic E-state index is 11.4. The summed E-state index contributed by atoms with van der Waals surface area (Å²) in [4.78, 5) is 9.66. The van der Waals surface area contributed by atoms with E-state index in [-0.39, 0.29) is 17.8 Å². The van der Waals surface area contributed by atoms with E-state index in [1.165, 1.54) is 12.5 Å². The maximum Gasteiger partial charge on any atom is 0.205 e. The van der Waals surface area contributed by atoms with Gasteiger partial charge in [0, 0.05) is 37.3 Å². The van der Waals surface area contributed by atoms with Crippen molar-refractivity contribution in [1.29, 1.82) is 5.26 Å². The van der Waals surface area contributed by atoms with Gasteiger partial charge in [-0.3, -0.25) is 9.88 Å². The summed E-state index contributed by atoms with van der Waals surface area (Å²) in [6.45, 7) is 7.61. The van der Waals surface area contributed by atoms with Crippen LogP contribution in [0.4, 0.5) is 5.69 Å². The quantitative estimate of drug-likeness (QED) is 0.616. The van der Waals surface area contributed by atoms with Gasteiger partial charge in [-0.05, 0) is 24.5 Å². The second-order valence-corrected chi connectivity index (χ2v) is 8.79. The van der Waals surface area contributed by atoms with E-state index in [0.717, 1.165) is 5.56 Å². The summed E-state index contributed by atoms with van der Waals surface area (Å²) < 4.78 is 22.9. The van der Waals surface area contributed by atoms with Gasteiger partial charge in [-0.15, -0.1) is 0 Å². The lowest BCUT2D eigenvalue weighted by Crippen LogP contribution is -2.51. The molecule has 1 aromatic rings. The van der Waals surface area contributed by atoms with E-state index in [2.05, 4.69) is 33.0 Å². The number of nitrogens with zero attached hydrogens (tertiary/aromatic N) is 4. The topological polar surface area (TPSA) is 78.4 Å². The Morgan fingerprint density at radius 2 is 2.08 bits per heavy atom. The van der Waals surface area contributed by atoms with Gasteiger partial charge < -0.3 is 0 Å². The fourth-order valence-electron chi connectivity index (χ4n) is 3.64. The van der Waals surface area contributed by atoms with Crippen LogP contribution in [0.3, 0.4) is 0 Å². The monoisotopic (exact) mass is 342 g/mol. The lowest BCUT2D eigenvalue weighted by atomic mass is 9.71. The molecular formula is C17H18N4O2S. The van der Waals surface area contributed by atoms with Gasteiger partial charge in [0.25, 0.3) is 0 Å². The van der Waals surface area contributed by atoms with E-state index in [1.54, 1.807) is 12.3 Å². The molecule has 2 aliphatic rings. The van der Waals surface area contributed by atoms with Gasteiger partial charge in [0.15, 0.2) is 0 Å². The summed E-state index contributed by atoms with van der Waals surface area (Å²) >= 11 is 0. The highest BCUT2D eigenvalue weighted by atomic mass is 32.2. The zero-order valence-electron chi connectivity index (χ0n) is 13.4. The Balaban J connectivity index is 1.85. The molecule has 124 valence electrons. The molecule has 7 heteroatoms. The van der Waals surface area contributed by atoms with Gasteiger partial charge in [0.05, 0.1) is 23.8 Å². The van der Waals surface area contributed by atoms with Gasteiger partial charge in [-0.1, -0.05) is 12.2 Å². The molecular weight excluding hydrogens is 324 g/mol. The van der Waals surface area contributed by atoms with Gasteiger partial charge in [0.1, 0.15) is 9.84 Å². The van der Waals surface area contributed by atoms with Crippen molar-refractivity contribution in [1.82, 2.24) is 9.88 Å². The summed E-state index contributed by atoms with van der Waals surface area (Å²) in [5.74, 6) is 0.121. The highest BCUT2D eigenvalue weighted by Gasteiger charge is 2.47. The first-order valence-corrected chi connectivity index (χ1v) is 9.79. The largest absolute Gasteiger partial charge is 0.289 e. The molecule has 24 heavy (non-hydrogen) atoms. The predicted molar refractivity (Wildman–Crippen MR) is 90.2 cm³/mol. The number of hydrogen-bond acceptors (Lipinski definition) is 5. The molecule has 3 rings (SSSR count). The molecule has 1 aromatic heterocycles. The lowest BCUT2D eigenvalue weighted by molar-refractivity contribution is 0.126. The van der Waals surface area contributed by atoms with Gasteiger partial charge in [-0.2, -0.15) is 5.26 Å². The Bertz CT molecular complexity index is 847. The summed E-state index contributed by atoms with van der Waals surface area (Å²) in [5, 5.41) is 9.87. The first-order valence-electron chi connectivity index (χ1n) is 7.73. The van der Waals surface area contributed by atoms with Crippen molar-refractivity contribution < 1.29 is 8.42 Å². The molecule has 0 radical (unpaired) electrons. The second-order valence-electron chi connectivity index (χ2n) is 6.53. The summed E-state index contributed by atoms with van der Waals surface area (Å²) in [7, 11) is -3.02. The Hall–Kier alpha value is -2.22. The molecule has 0 aliphatic carbocycles. The molecule has 0 amide bonds. The van der Waals surface area contributed by atoms with E-state index >= 15 is 0 Å². The lowest BCUT2D eigenvalue weighted by Gasteiger charge is -2.43. The number of nitriles is 1. The Kier molecular flexibility index (Phi) is 4.16. The molecule has 0 aromatic carbocycles. The van der Waals surface area contributed by atoms with Crippen molar-refractivity contribution in [2.75, 3.05) is 18.6 Å². The van der Waals surface area contributed by atoms with E-state index in [9.17, 15) is 13.7 Å². The molecule has 1 fully saturated rings. The van der Waals surface area contributed by atoms with Crippen LogP contribution in [0.5, 0.6) is 0 Å². The maximum atomic E-state index is 11.4. The van der Waals surface area contributed by atoms with Crippen LogP contribution in [0.1, 0.15) is 18.4 Å². The number of aromatic nitrogens is 1. The van der Waals surface area contributed by atoms with Crippen molar-refractivity contribution in [3.8, 4) is 6.07 Å². The first-order chi connectivity index (χ1) is 11.4. The molecule has 0 N–H and O–H groups in total. The van der Waals surface area contributed by atoms with Crippen molar-refractivity contribution in [3.05, 3.63) is 47.6 Å². The molecule has 1 unspecified atom stereocenters. The van der Waals surface area contributed by atoms with E-state index in [4.69, 9.17) is 6.57 Å². The van der Waals surface area contributed by atoms with Gasteiger partial charge in [-0.25, -0.2) is 13.3 Å². The molecule has 2 aliphatic heterocycles. The Morgan fingerprint density at radius 1 is 1.42 bits per heavy atom. The van der Waals surface area contributed by atoms with Crippen LogP contribution < -0.4 is 0 Å². The molecule has 0 spiro atoms. The van der Waals surface area contributed by atoms with E-state index < -0.39 is 15.3 Å². The highest BCUT2D eigenvalue weighted by molar-refractivity contribution is 7.90. The summed E-state index contributed by atoms with van der Waals surface area (Å²) in [6.07, 6.45) is 9.72. The van der Waals surface area contributed by atoms with E-state index in [0.29, 0.717) is 25.1 Å². The number of sulfone groups is 1. The number of rotatable bonds is 4. The second kappa shape index (κ2) is 6.01. The van der Waals surface area contributed by atoms with Crippen LogP contribution in [0.25, 0.3) is 4.85 Å². The molecule has 0 saturated carbocycles.